The molecule has 0 spiro atoms. The van der Waals surface area contributed by atoms with Crippen molar-refractivity contribution in [3.63, 3.8) is 0 Å². The highest BCUT2D eigenvalue weighted by molar-refractivity contribution is 5.30. The largest absolute Gasteiger partial charge is 0.368 e. The van der Waals surface area contributed by atoms with E-state index in [0.29, 0.717) is 0 Å². The first-order chi connectivity index (χ1) is 6.54. The zero-order valence-electron chi connectivity index (χ0n) is 9.50. The van der Waals surface area contributed by atoms with Gasteiger partial charge >= 0.3 is 0 Å². The van der Waals surface area contributed by atoms with Crippen LogP contribution in [0.2, 0.25) is 0 Å². The number of hydrogen-bond acceptors (Lipinski definition) is 2. The van der Waals surface area contributed by atoms with Crippen LogP contribution in [0.1, 0.15) is 40.5 Å². The Bertz CT molecular complexity index is 273. The van der Waals surface area contributed by atoms with Crippen LogP contribution in [0.3, 0.4) is 0 Å². The van der Waals surface area contributed by atoms with E-state index in [-0.39, 0.29) is 17.6 Å². The SMILES string of the molecule is CCC1OC(C)(C)C=C(C#N)C1CC. The molecule has 0 aromatic carbocycles. The molecule has 0 N–H and O–H groups in total. The van der Waals surface area contributed by atoms with Crippen LogP contribution in [-0.4, -0.2) is 11.7 Å². The molecule has 1 heterocycles. The van der Waals surface area contributed by atoms with Crippen LogP contribution in [0, 0.1) is 17.2 Å². The molecule has 0 aromatic rings. The van der Waals surface area contributed by atoms with Crippen LogP contribution in [0.4, 0.5) is 0 Å². The molecule has 1 aliphatic heterocycles. The van der Waals surface area contributed by atoms with Gasteiger partial charge in [0, 0.05) is 11.5 Å². The van der Waals surface area contributed by atoms with Gasteiger partial charge in [0.15, 0.2) is 0 Å². The summed E-state index contributed by atoms with van der Waals surface area (Å²) in [6, 6.07) is 2.31. The molecule has 14 heavy (non-hydrogen) atoms. The van der Waals surface area contributed by atoms with Gasteiger partial charge < -0.3 is 4.74 Å². The molecule has 0 aliphatic carbocycles. The zero-order chi connectivity index (χ0) is 10.8. The van der Waals surface area contributed by atoms with Gasteiger partial charge in [0.25, 0.3) is 0 Å². The average Bonchev–Trinajstić information content (AvgIpc) is 2.15. The lowest BCUT2D eigenvalue weighted by atomic mass is 9.84. The first-order valence-corrected chi connectivity index (χ1v) is 5.34. The minimum absolute atomic E-state index is 0.203. The molecule has 0 fully saturated rings. The number of hydrogen-bond donors (Lipinski definition) is 0. The van der Waals surface area contributed by atoms with Gasteiger partial charge in [-0.1, -0.05) is 13.8 Å². The van der Waals surface area contributed by atoms with Crippen molar-refractivity contribution >= 4 is 0 Å². The quantitative estimate of drug-likeness (QED) is 0.675. The van der Waals surface area contributed by atoms with Gasteiger partial charge in [-0.05, 0) is 32.8 Å². The second-order valence-electron chi connectivity index (χ2n) is 4.39. The normalized spacial score (nSPS) is 30.6. The lowest BCUT2D eigenvalue weighted by Crippen LogP contribution is -2.39. The molecule has 78 valence electrons. The van der Waals surface area contributed by atoms with Crippen LogP contribution >= 0.6 is 0 Å². The molecule has 0 bridgehead atoms. The summed E-state index contributed by atoms with van der Waals surface area (Å²) in [5, 5.41) is 9.06. The fourth-order valence-corrected chi connectivity index (χ4v) is 2.15. The Kier molecular flexibility index (Phi) is 3.34. The van der Waals surface area contributed by atoms with Gasteiger partial charge in [-0.25, -0.2) is 0 Å². The summed E-state index contributed by atoms with van der Waals surface area (Å²) in [5.74, 6) is 0.290. The van der Waals surface area contributed by atoms with E-state index in [9.17, 15) is 0 Å². The van der Waals surface area contributed by atoms with Gasteiger partial charge in [-0.3, -0.25) is 0 Å². The molecule has 2 unspecified atom stereocenters. The maximum atomic E-state index is 9.06. The van der Waals surface area contributed by atoms with E-state index in [1.807, 2.05) is 19.9 Å². The van der Waals surface area contributed by atoms with Gasteiger partial charge in [-0.15, -0.1) is 0 Å². The van der Waals surface area contributed by atoms with E-state index in [2.05, 4.69) is 19.9 Å². The number of ether oxygens (including phenoxy) is 1. The third-order valence-electron chi connectivity index (χ3n) is 2.78. The Labute approximate surface area is 86.6 Å². The van der Waals surface area contributed by atoms with Crippen LogP contribution in [0.15, 0.2) is 11.6 Å². The third kappa shape index (κ3) is 2.16. The van der Waals surface area contributed by atoms with Crippen LogP contribution in [0.5, 0.6) is 0 Å². The average molecular weight is 193 g/mol. The molecule has 0 aromatic heterocycles. The first-order valence-electron chi connectivity index (χ1n) is 5.34. The van der Waals surface area contributed by atoms with E-state index in [1.165, 1.54) is 0 Å². The Morgan fingerprint density at radius 3 is 2.50 bits per heavy atom. The summed E-state index contributed by atoms with van der Waals surface area (Å²) in [7, 11) is 0. The smallest absolute Gasteiger partial charge is 0.0948 e. The Hall–Kier alpha value is -0.810. The number of rotatable bonds is 2. The van der Waals surface area contributed by atoms with Crippen molar-refractivity contribution in [3.8, 4) is 6.07 Å². The first kappa shape index (κ1) is 11.3. The maximum absolute atomic E-state index is 9.06. The summed E-state index contributed by atoms with van der Waals surface area (Å²) >= 11 is 0. The lowest BCUT2D eigenvalue weighted by Gasteiger charge is -2.37. The molecule has 2 heteroatoms. The highest BCUT2D eigenvalue weighted by Crippen LogP contribution is 2.34. The fourth-order valence-electron chi connectivity index (χ4n) is 2.15. The number of nitrogens with zero attached hydrogens (tertiary/aromatic N) is 1. The summed E-state index contributed by atoms with van der Waals surface area (Å²) in [6.07, 6.45) is 4.12. The molecule has 0 radical (unpaired) electrons. The molecule has 1 rings (SSSR count). The Morgan fingerprint density at radius 1 is 1.43 bits per heavy atom. The second kappa shape index (κ2) is 4.14. The van der Waals surface area contributed by atoms with Gasteiger partial charge in [0.1, 0.15) is 0 Å². The van der Waals surface area contributed by atoms with Crippen molar-refractivity contribution in [1.29, 1.82) is 5.26 Å². The topological polar surface area (TPSA) is 33.0 Å². The molecule has 1 aliphatic rings. The van der Waals surface area contributed by atoms with Crippen molar-refractivity contribution in [2.45, 2.75) is 52.2 Å². The summed E-state index contributed by atoms with van der Waals surface area (Å²) in [6.45, 7) is 8.25. The minimum Gasteiger partial charge on any atom is -0.368 e. The molecular weight excluding hydrogens is 174 g/mol. The van der Waals surface area contributed by atoms with Gasteiger partial charge in [0.05, 0.1) is 17.8 Å². The van der Waals surface area contributed by atoms with Crippen LogP contribution in [-0.2, 0) is 4.74 Å². The summed E-state index contributed by atoms with van der Waals surface area (Å²) in [4.78, 5) is 0. The predicted molar refractivity (Wildman–Crippen MR) is 56.7 cm³/mol. The molecule has 2 nitrogen and oxygen atoms in total. The van der Waals surface area contributed by atoms with Gasteiger partial charge in [0.2, 0.25) is 0 Å². The zero-order valence-corrected chi connectivity index (χ0v) is 9.50. The molecule has 2 atom stereocenters. The molecule has 0 saturated heterocycles. The Morgan fingerprint density at radius 2 is 2.07 bits per heavy atom. The highest BCUT2D eigenvalue weighted by atomic mass is 16.5. The Balaban J connectivity index is 3.00. The van der Waals surface area contributed by atoms with E-state index in [4.69, 9.17) is 10.00 Å². The van der Waals surface area contributed by atoms with E-state index in [1.54, 1.807) is 0 Å². The lowest BCUT2D eigenvalue weighted by molar-refractivity contribution is -0.0752. The number of nitriles is 1. The highest BCUT2D eigenvalue weighted by Gasteiger charge is 2.34. The van der Waals surface area contributed by atoms with E-state index < -0.39 is 0 Å². The van der Waals surface area contributed by atoms with Crippen molar-refractivity contribution in [1.82, 2.24) is 0 Å². The maximum Gasteiger partial charge on any atom is 0.0948 e. The van der Waals surface area contributed by atoms with Crippen molar-refractivity contribution in [2.75, 3.05) is 0 Å². The van der Waals surface area contributed by atoms with Gasteiger partial charge in [-0.2, -0.15) is 5.26 Å². The van der Waals surface area contributed by atoms with Crippen LogP contribution < -0.4 is 0 Å². The van der Waals surface area contributed by atoms with Crippen molar-refractivity contribution < 1.29 is 4.74 Å². The predicted octanol–water partition coefficient (Wildman–Crippen LogP) is 3.05. The summed E-state index contributed by atoms with van der Waals surface area (Å²) < 4.78 is 5.93. The van der Waals surface area contributed by atoms with Crippen LogP contribution in [0.25, 0.3) is 0 Å². The van der Waals surface area contributed by atoms with Crippen molar-refractivity contribution in [3.05, 3.63) is 11.6 Å². The van der Waals surface area contributed by atoms with E-state index in [0.717, 1.165) is 18.4 Å². The monoisotopic (exact) mass is 193 g/mol. The second-order valence-corrected chi connectivity index (χ2v) is 4.39. The van der Waals surface area contributed by atoms with Crippen molar-refractivity contribution in [2.24, 2.45) is 5.92 Å². The molecule has 0 saturated carbocycles. The van der Waals surface area contributed by atoms with E-state index >= 15 is 0 Å². The minimum atomic E-state index is -0.280. The standard InChI is InChI=1S/C12H19NO/c1-5-10-9(8-13)7-12(3,4)14-11(10)6-2/h7,10-11H,5-6H2,1-4H3. The fraction of sp³-hybridized carbons (Fsp3) is 0.750. The third-order valence-corrected chi connectivity index (χ3v) is 2.78. The molecule has 0 amide bonds. The summed E-state index contributed by atoms with van der Waals surface area (Å²) in [5.41, 5.74) is 0.618. The molecular formula is C12H19NO.